The molecule has 0 bridgehead atoms. The second kappa shape index (κ2) is 12.7. The van der Waals surface area contributed by atoms with Crippen LogP contribution >= 0.6 is 0 Å². The van der Waals surface area contributed by atoms with Crippen LogP contribution in [-0.2, 0) is 16.1 Å². The minimum atomic E-state index is -0.413. The molecule has 7 heteroatoms. The standard InChI is InChI=1S/C33H35N3O4/c1-24-21-35(22-29(26-12-6-3-7-13-26)33(38)40-23-25-10-4-2-5-11-25)18-17-30(24)36(28-15-8-14-27(34)20-28)32(37)31-16-9-19-39-31/h2-16,19-20,24,29-30H,17-18,21-23,34H2,1H3/t24-,29?,30+/m0/s1. The van der Waals surface area contributed by atoms with Crippen molar-refractivity contribution in [1.82, 2.24) is 4.90 Å². The summed E-state index contributed by atoms with van der Waals surface area (Å²) in [6.07, 6.45) is 2.25. The molecule has 1 fully saturated rings. The Morgan fingerprint density at radius 1 is 1.00 bits per heavy atom. The zero-order chi connectivity index (χ0) is 27.9. The van der Waals surface area contributed by atoms with Gasteiger partial charge in [-0.25, -0.2) is 0 Å². The second-order valence-corrected chi connectivity index (χ2v) is 10.4. The van der Waals surface area contributed by atoms with Crippen LogP contribution < -0.4 is 10.6 Å². The minimum absolute atomic E-state index is 0.0594. The molecular weight excluding hydrogens is 502 g/mol. The van der Waals surface area contributed by atoms with E-state index in [9.17, 15) is 9.59 Å². The fraction of sp³-hybridized carbons (Fsp3) is 0.273. The van der Waals surface area contributed by atoms with Crippen molar-refractivity contribution < 1.29 is 18.7 Å². The number of benzene rings is 3. The number of amides is 1. The monoisotopic (exact) mass is 537 g/mol. The van der Waals surface area contributed by atoms with Gasteiger partial charge >= 0.3 is 5.97 Å². The molecule has 0 saturated carbocycles. The van der Waals surface area contributed by atoms with Crippen molar-refractivity contribution in [2.45, 2.75) is 31.9 Å². The molecule has 7 nitrogen and oxygen atoms in total. The third-order valence-electron chi connectivity index (χ3n) is 7.53. The number of esters is 1. The summed E-state index contributed by atoms with van der Waals surface area (Å²) in [4.78, 5) is 31.1. The average Bonchev–Trinajstić information content (AvgIpc) is 3.52. The highest BCUT2D eigenvalue weighted by molar-refractivity contribution is 6.04. The molecular formula is C33H35N3O4. The van der Waals surface area contributed by atoms with Crippen molar-refractivity contribution in [2.24, 2.45) is 5.92 Å². The molecule has 0 aliphatic carbocycles. The van der Waals surface area contributed by atoms with Crippen molar-refractivity contribution in [2.75, 3.05) is 30.3 Å². The molecule has 2 N–H and O–H groups in total. The molecule has 40 heavy (non-hydrogen) atoms. The molecule has 1 aliphatic rings. The van der Waals surface area contributed by atoms with Gasteiger partial charge in [0.1, 0.15) is 6.61 Å². The van der Waals surface area contributed by atoms with Crippen LogP contribution in [0.15, 0.2) is 108 Å². The van der Waals surface area contributed by atoms with Gasteiger partial charge in [0.25, 0.3) is 5.91 Å². The Bertz CT molecular complexity index is 1390. The summed E-state index contributed by atoms with van der Waals surface area (Å²) >= 11 is 0. The van der Waals surface area contributed by atoms with E-state index in [1.165, 1.54) is 6.26 Å². The number of hydrogen-bond donors (Lipinski definition) is 1. The van der Waals surface area contributed by atoms with E-state index >= 15 is 0 Å². The number of ether oxygens (including phenoxy) is 1. The normalized spacial score (nSPS) is 18.1. The summed E-state index contributed by atoms with van der Waals surface area (Å²) < 4.78 is 11.2. The molecule has 3 aromatic carbocycles. The van der Waals surface area contributed by atoms with Crippen LogP contribution in [0.2, 0.25) is 0 Å². The molecule has 1 aliphatic heterocycles. The van der Waals surface area contributed by atoms with Crippen molar-refractivity contribution >= 4 is 23.3 Å². The Morgan fingerprint density at radius 3 is 2.42 bits per heavy atom. The molecule has 1 saturated heterocycles. The third kappa shape index (κ3) is 6.43. The lowest BCUT2D eigenvalue weighted by Crippen LogP contribution is -2.53. The van der Waals surface area contributed by atoms with E-state index in [2.05, 4.69) is 11.8 Å². The van der Waals surface area contributed by atoms with Crippen LogP contribution in [0, 0.1) is 5.92 Å². The van der Waals surface area contributed by atoms with Crippen molar-refractivity contribution in [3.05, 3.63) is 120 Å². The molecule has 0 radical (unpaired) electrons. The largest absolute Gasteiger partial charge is 0.460 e. The number of carbonyl (C=O) groups is 2. The van der Waals surface area contributed by atoms with Crippen LogP contribution in [-0.4, -0.2) is 42.5 Å². The molecule has 206 valence electrons. The Labute approximate surface area is 235 Å². The van der Waals surface area contributed by atoms with E-state index in [1.807, 2.05) is 89.8 Å². The van der Waals surface area contributed by atoms with Crippen LogP contribution in [0.1, 0.15) is 40.9 Å². The number of nitrogens with zero attached hydrogens (tertiary/aromatic N) is 2. The molecule has 4 aromatic rings. The fourth-order valence-electron chi connectivity index (χ4n) is 5.51. The lowest BCUT2D eigenvalue weighted by Gasteiger charge is -2.43. The van der Waals surface area contributed by atoms with E-state index in [0.29, 0.717) is 18.0 Å². The molecule has 5 rings (SSSR count). The summed E-state index contributed by atoms with van der Waals surface area (Å²) in [5.41, 5.74) is 9.33. The maximum absolute atomic E-state index is 13.6. The van der Waals surface area contributed by atoms with Gasteiger partial charge in [0, 0.05) is 37.1 Å². The molecule has 2 heterocycles. The number of piperidine rings is 1. The van der Waals surface area contributed by atoms with Gasteiger partial charge in [0.05, 0.1) is 12.2 Å². The third-order valence-corrected chi connectivity index (χ3v) is 7.53. The first-order valence-electron chi connectivity index (χ1n) is 13.7. The number of nitrogens with two attached hydrogens (primary N) is 1. The van der Waals surface area contributed by atoms with Gasteiger partial charge in [-0.05, 0) is 53.8 Å². The molecule has 0 spiro atoms. The van der Waals surface area contributed by atoms with Gasteiger partial charge in [-0.1, -0.05) is 73.7 Å². The van der Waals surface area contributed by atoms with Crippen LogP contribution in [0.4, 0.5) is 11.4 Å². The Morgan fingerprint density at radius 2 is 1.75 bits per heavy atom. The lowest BCUT2D eigenvalue weighted by atomic mass is 9.90. The number of likely N-dealkylation sites (tertiary alicyclic amines) is 1. The van der Waals surface area contributed by atoms with Gasteiger partial charge < -0.3 is 24.7 Å². The zero-order valence-corrected chi connectivity index (χ0v) is 22.7. The Balaban J connectivity index is 1.31. The number of carbonyl (C=O) groups excluding carboxylic acids is 2. The van der Waals surface area contributed by atoms with Crippen LogP contribution in [0.3, 0.4) is 0 Å². The van der Waals surface area contributed by atoms with Crippen molar-refractivity contribution in [3.8, 4) is 0 Å². The maximum Gasteiger partial charge on any atom is 0.315 e. The number of rotatable bonds is 9. The Kier molecular flexibility index (Phi) is 8.62. The fourth-order valence-corrected chi connectivity index (χ4v) is 5.51. The van der Waals surface area contributed by atoms with Crippen LogP contribution in [0.5, 0.6) is 0 Å². The Hall–Kier alpha value is -4.36. The van der Waals surface area contributed by atoms with E-state index < -0.39 is 5.92 Å². The van der Waals surface area contributed by atoms with Gasteiger partial charge in [-0.3, -0.25) is 9.59 Å². The predicted octanol–water partition coefficient (Wildman–Crippen LogP) is 5.75. The molecule has 1 amide bonds. The smallest absolute Gasteiger partial charge is 0.315 e. The van der Waals surface area contributed by atoms with E-state index in [1.54, 1.807) is 12.1 Å². The summed E-state index contributed by atoms with van der Waals surface area (Å²) in [5, 5.41) is 0. The van der Waals surface area contributed by atoms with Gasteiger partial charge in [0.15, 0.2) is 5.76 Å². The molecule has 3 atom stereocenters. The van der Waals surface area contributed by atoms with E-state index in [4.69, 9.17) is 14.9 Å². The molecule has 1 unspecified atom stereocenters. The zero-order valence-electron chi connectivity index (χ0n) is 22.7. The van der Waals surface area contributed by atoms with E-state index in [-0.39, 0.29) is 30.4 Å². The number of nitrogen functional groups attached to an aromatic ring is 1. The minimum Gasteiger partial charge on any atom is -0.460 e. The quantitative estimate of drug-likeness (QED) is 0.216. The van der Waals surface area contributed by atoms with Gasteiger partial charge in [0.2, 0.25) is 0 Å². The number of hydrogen-bond acceptors (Lipinski definition) is 6. The topological polar surface area (TPSA) is 89.0 Å². The van der Waals surface area contributed by atoms with Crippen molar-refractivity contribution in [1.29, 1.82) is 0 Å². The highest BCUT2D eigenvalue weighted by atomic mass is 16.5. The van der Waals surface area contributed by atoms with E-state index in [0.717, 1.165) is 36.3 Å². The highest BCUT2D eigenvalue weighted by Gasteiger charge is 2.37. The lowest BCUT2D eigenvalue weighted by molar-refractivity contribution is -0.147. The first-order valence-corrected chi connectivity index (χ1v) is 13.7. The van der Waals surface area contributed by atoms with Gasteiger partial charge in [-0.2, -0.15) is 0 Å². The average molecular weight is 538 g/mol. The first kappa shape index (κ1) is 27.2. The SMILES string of the molecule is C[C@H]1CN(CC(C(=O)OCc2ccccc2)c2ccccc2)CC[C@H]1N(C(=O)c1ccco1)c1cccc(N)c1. The predicted molar refractivity (Wildman–Crippen MR) is 156 cm³/mol. The molecule has 1 aromatic heterocycles. The summed E-state index contributed by atoms with van der Waals surface area (Å²) in [6.45, 7) is 4.39. The van der Waals surface area contributed by atoms with Gasteiger partial charge in [-0.15, -0.1) is 0 Å². The number of furan rings is 1. The summed E-state index contributed by atoms with van der Waals surface area (Å²) in [7, 11) is 0. The second-order valence-electron chi connectivity index (χ2n) is 10.4. The highest BCUT2D eigenvalue weighted by Crippen LogP contribution is 2.31. The maximum atomic E-state index is 13.6. The summed E-state index contributed by atoms with van der Waals surface area (Å²) in [6, 6.07) is 30.3. The van der Waals surface area contributed by atoms with Crippen LogP contribution in [0.25, 0.3) is 0 Å². The van der Waals surface area contributed by atoms with Crippen molar-refractivity contribution in [3.63, 3.8) is 0 Å². The summed E-state index contributed by atoms with van der Waals surface area (Å²) in [5.74, 6) is -0.414. The number of anilines is 2. The first-order chi connectivity index (χ1) is 19.5.